The fourth-order valence-electron chi connectivity index (χ4n) is 2.18. The summed E-state index contributed by atoms with van der Waals surface area (Å²) in [5, 5.41) is 0. The quantitative estimate of drug-likeness (QED) is 0.631. The first-order chi connectivity index (χ1) is 11.2. The molecule has 140 valence electrons. The SMILES string of the molecule is CC.CC(F)COCC1CCCO1.FCCOCC1CCCO1. The summed E-state index contributed by atoms with van der Waals surface area (Å²) in [5.74, 6) is 0. The Labute approximate surface area is 139 Å². The summed E-state index contributed by atoms with van der Waals surface area (Å²) in [6.07, 6.45) is 3.92. The van der Waals surface area contributed by atoms with Crippen LogP contribution < -0.4 is 0 Å². The molecule has 0 bridgehead atoms. The van der Waals surface area contributed by atoms with E-state index in [-0.39, 0.29) is 25.4 Å². The molecule has 3 unspecified atom stereocenters. The Hall–Kier alpha value is -0.300. The second-order valence-corrected chi connectivity index (χ2v) is 5.35. The van der Waals surface area contributed by atoms with E-state index in [0.29, 0.717) is 13.2 Å². The molecule has 2 rings (SSSR count). The summed E-state index contributed by atoms with van der Waals surface area (Å²) in [6.45, 7) is 8.28. The molecule has 2 heterocycles. The van der Waals surface area contributed by atoms with Gasteiger partial charge in [0.05, 0.1) is 38.6 Å². The molecule has 0 aliphatic carbocycles. The fraction of sp³-hybridized carbons (Fsp3) is 1.00. The van der Waals surface area contributed by atoms with E-state index in [9.17, 15) is 8.78 Å². The second kappa shape index (κ2) is 16.6. The molecule has 0 aromatic heterocycles. The van der Waals surface area contributed by atoms with Gasteiger partial charge in [-0.25, -0.2) is 8.78 Å². The van der Waals surface area contributed by atoms with Crippen LogP contribution in [-0.4, -0.2) is 64.7 Å². The summed E-state index contributed by atoms with van der Waals surface area (Å²) >= 11 is 0. The molecule has 6 heteroatoms. The molecule has 0 aromatic rings. The minimum Gasteiger partial charge on any atom is -0.376 e. The molecule has 0 N–H and O–H groups in total. The van der Waals surface area contributed by atoms with Crippen LogP contribution >= 0.6 is 0 Å². The molecule has 0 amide bonds. The van der Waals surface area contributed by atoms with Crippen molar-refractivity contribution in [1.82, 2.24) is 0 Å². The third-order valence-electron chi connectivity index (χ3n) is 3.22. The highest BCUT2D eigenvalue weighted by molar-refractivity contribution is 4.64. The van der Waals surface area contributed by atoms with Crippen molar-refractivity contribution in [2.75, 3.05) is 46.3 Å². The van der Waals surface area contributed by atoms with E-state index >= 15 is 0 Å². The lowest BCUT2D eigenvalue weighted by Gasteiger charge is -2.09. The minimum atomic E-state index is -0.864. The zero-order chi connectivity index (χ0) is 17.3. The van der Waals surface area contributed by atoms with Gasteiger partial charge in [0.25, 0.3) is 0 Å². The molecular formula is C17H34F2O4. The maximum absolute atomic E-state index is 12.2. The molecule has 4 nitrogen and oxygen atoms in total. The summed E-state index contributed by atoms with van der Waals surface area (Å²) in [6, 6.07) is 0. The van der Waals surface area contributed by atoms with Crippen LogP contribution in [0.4, 0.5) is 8.78 Å². The molecule has 0 radical (unpaired) electrons. The van der Waals surface area contributed by atoms with Gasteiger partial charge < -0.3 is 18.9 Å². The molecule has 2 saturated heterocycles. The number of rotatable bonds is 8. The van der Waals surface area contributed by atoms with Crippen molar-refractivity contribution < 1.29 is 27.7 Å². The van der Waals surface area contributed by atoms with Gasteiger partial charge in [-0.15, -0.1) is 0 Å². The van der Waals surface area contributed by atoms with Gasteiger partial charge in [-0.05, 0) is 32.6 Å². The highest BCUT2D eigenvalue weighted by atomic mass is 19.1. The second-order valence-electron chi connectivity index (χ2n) is 5.35. The summed E-state index contributed by atoms with van der Waals surface area (Å²) in [7, 11) is 0. The van der Waals surface area contributed by atoms with Crippen LogP contribution in [0, 0.1) is 0 Å². The Morgan fingerprint density at radius 2 is 1.52 bits per heavy atom. The third kappa shape index (κ3) is 13.8. The molecule has 2 fully saturated rings. The number of halogens is 2. The normalized spacial score (nSPS) is 24.4. The standard InChI is InChI=1S/C8H15FO2.C7H13FO2.C2H6/c1-7(9)5-10-6-8-3-2-4-11-8;8-3-5-9-6-7-2-1-4-10-7;1-2/h7-8H,2-6H2,1H3;7H,1-6H2;1-2H3. The maximum Gasteiger partial charge on any atom is 0.121 e. The third-order valence-corrected chi connectivity index (χ3v) is 3.22. The van der Waals surface area contributed by atoms with Crippen LogP contribution in [-0.2, 0) is 18.9 Å². The van der Waals surface area contributed by atoms with Gasteiger partial charge in [-0.3, -0.25) is 0 Å². The summed E-state index contributed by atoms with van der Waals surface area (Å²) in [4.78, 5) is 0. The minimum absolute atomic E-state index is 0.194. The Kier molecular flexibility index (Phi) is 16.3. The van der Waals surface area contributed by atoms with Crippen molar-refractivity contribution in [3.63, 3.8) is 0 Å². The summed E-state index contributed by atoms with van der Waals surface area (Å²) in [5.41, 5.74) is 0. The first-order valence-corrected chi connectivity index (χ1v) is 8.81. The van der Waals surface area contributed by atoms with Gasteiger partial charge in [0.15, 0.2) is 0 Å². The molecular weight excluding hydrogens is 306 g/mol. The molecule has 0 spiro atoms. The molecule has 3 atom stereocenters. The molecule has 2 aliphatic rings. The van der Waals surface area contributed by atoms with Crippen molar-refractivity contribution in [3.05, 3.63) is 0 Å². The Morgan fingerprint density at radius 1 is 1.00 bits per heavy atom. The van der Waals surface area contributed by atoms with Crippen LogP contribution in [0.3, 0.4) is 0 Å². The fourth-order valence-corrected chi connectivity index (χ4v) is 2.18. The number of hydrogen-bond donors (Lipinski definition) is 0. The monoisotopic (exact) mass is 340 g/mol. The van der Waals surface area contributed by atoms with Crippen LogP contribution in [0.2, 0.25) is 0 Å². The lowest BCUT2D eigenvalue weighted by Crippen LogP contribution is -2.17. The van der Waals surface area contributed by atoms with Crippen molar-refractivity contribution >= 4 is 0 Å². The molecule has 23 heavy (non-hydrogen) atoms. The van der Waals surface area contributed by atoms with E-state index in [1.807, 2.05) is 13.8 Å². The van der Waals surface area contributed by atoms with Crippen LogP contribution in [0.5, 0.6) is 0 Å². The van der Waals surface area contributed by atoms with E-state index in [4.69, 9.17) is 18.9 Å². The van der Waals surface area contributed by atoms with Crippen molar-refractivity contribution in [2.24, 2.45) is 0 Å². The Bertz CT molecular complexity index is 231. The van der Waals surface area contributed by atoms with Gasteiger partial charge in [0.1, 0.15) is 12.8 Å². The van der Waals surface area contributed by atoms with E-state index in [1.165, 1.54) is 6.92 Å². The van der Waals surface area contributed by atoms with E-state index in [1.54, 1.807) is 0 Å². The van der Waals surface area contributed by atoms with E-state index < -0.39 is 12.8 Å². The Morgan fingerprint density at radius 3 is 1.91 bits per heavy atom. The average Bonchev–Trinajstić information content (AvgIpc) is 3.23. The smallest absolute Gasteiger partial charge is 0.121 e. The van der Waals surface area contributed by atoms with E-state index in [2.05, 4.69) is 0 Å². The highest BCUT2D eigenvalue weighted by Crippen LogP contribution is 2.12. The van der Waals surface area contributed by atoms with Gasteiger partial charge in [-0.2, -0.15) is 0 Å². The topological polar surface area (TPSA) is 36.9 Å². The van der Waals surface area contributed by atoms with Gasteiger partial charge >= 0.3 is 0 Å². The lowest BCUT2D eigenvalue weighted by atomic mass is 10.2. The van der Waals surface area contributed by atoms with Crippen molar-refractivity contribution in [2.45, 2.75) is 64.8 Å². The lowest BCUT2D eigenvalue weighted by molar-refractivity contribution is 0.00253. The van der Waals surface area contributed by atoms with Crippen molar-refractivity contribution in [1.29, 1.82) is 0 Å². The predicted molar refractivity (Wildman–Crippen MR) is 87.5 cm³/mol. The van der Waals surface area contributed by atoms with Gasteiger partial charge in [-0.1, -0.05) is 13.8 Å². The van der Waals surface area contributed by atoms with Crippen LogP contribution in [0.25, 0.3) is 0 Å². The van der Waals surface area contributed by atoms with Gasteiger partial charge in [0, 0.05) is 13.2 Å². The summed E-state index contributed by atoms with van der Waals surface area (Å²) < 4.78 is 44.3. The van der Waals surface area contributed by atoms with E-state index in [0.717, 1.165) is 38.9 Å². The maximum atomic E-state index is 12.2. The van der Waals surface area contributed by atoms with Crippen LogP contribution in [0.15, 0.2) is 0 Å². The first-order valence-electron chi connectivity index (χ1n) is 8.81. The number of ether oxygens (including phenoxy) is 4. The van der Waals surface area contributed by atoms with Crippen LogP contribution in [0.1, 0.15) is 46.5 Å². The molecule has 0 saturated carbocycles. The average molecular weight is 340 g/mol. The van der Waals surface area contributed by atoms with Gasteiger partial charge in [0.2, 0.25) is 0 Å². The zero-order valence-electron chi connectivity index (χ0n) is 14.9. The zero-order valence-corrected chi connectivity index (χ0v) is 14.9. The Balaban J connectivity index is 0.000000381. The number of alkyl halides is 2. The first kappa shape index (κ1) is 22.7. The molecule has 2 aliphatic heterocycles. The highest BCUT2D eigenvalue weighted by Gasteiger charge is 2.15. The predicted octanol–water partition coefficient (Wildman–Crippen LogP) is 3.72. The number of hydrogen-bond acceptors (Lipinski definition) is 4. The molecule has 0 aromatic carbocycles. The largest absolute Gasteiger partial charge is 0.376 e. The van der Waals surface area contributed by atoms with Crippen molar-refractivity contribution in [3.8, 4) is 0 Å².